The van der Waals surface area contributed by atoms with Crippen LogP contribution < -0.4 is 10.1 Å². The fourth-order valence-corrected chi connectivity index (χ4v) is 2.37. The lowest BCUT2D eigenvalue weighted by Crippen LogP contribution is -2.52. The second-order valence-electron chi connectivity index (χ2n) is 5.26. The molecule has 5 heteroatoms. The van der Waals surface area contributed by atoms with Gasteiger partial charge in [-0.05, 0) is 37.1 Å². The first-order valence-corrected chi connectivity index (χ1v) is 6.78. The molecule has 1 heterocycles. The topological polar surface area (TPSA) is 75.6 Å². The molecule has 0 aromatic heterocycles. The van der Waals surface area contributed by atoms with E-state index in [9.17, 15) is 14.7 Å². The lowest BCUT2D eigenvalue weighted by molar-refractivity contribution is -0.144. The van der Waals surface area contributed by atoms with E-state index in [1.165, 1.54) is 6.92 Å². The van der Waals surface area contributed by atoms with Crippen molar-refractivity contribution in [1.82, 2.24) is 5.32 Å². The number of rotatable bonds is 5. The lowest BCUT2D eigenvalue weighted by atomic mass is 9.95. The Bertz CT molecular complexity index is 541. The summed E-state index contributed by atoms with van der Waals surface area (Å²) in [6.45, 7) is 4.05. The summed E-state index contributed by atoms with van der Waals surface area (Å²) in [5.41, 5.74) is 0.226. The molecule has 1 aromatic rings. The van der Waals surface area contributed by atoms with Crippen LogP contribution in [0, 0.1) is 0 Å². The molecule has 0 fully saturated rings. The van der Waals surface area contributed by atoms with Crippen molar-refractivity contribution >= 4 is 11.9 Å². The summed E-state index contributed by atoms with van der Waals surface area (Å²) < 4.78 is 5.39. The largest absolute Gasteiger partial charge is 0.493 e. The van der Waals surface area contributed by atoms with Crippen molar-refractivity contribution in [2.45, 2.75) is 38.6 Å². The van der Waals surface area contributed by atoms with Crippen molar-refractivity contribution in [3.8, 4) is 5.75 Å². The number of aliphatic carboxylic acids is 1. The summed E-state index contributed by atoms with van der Waals surface area (Å²) in [6.07, 6.45) is 1.85. The minimum Gasteiger partial charge on any atom is -0.493 e. The molecule has 2 rings (SSSR count). The van der Waals surface area contributed by atoms with Gasteiger partial charge in [-0.1, -0.05) is 13.3 Å². The van der Waals surface area contributed by atoms with E-state index in [-0.39, 0.29) is 5.91 Å². The average molecular weight is 277 g/mol. The molecule has 108 valence electrons. The van der Waals surface area contributed by atoms with Crippen LogP contribution in [0.15, 0.2) is 18.2 Å². The SMILES string of the molecule is CCCC(C)(NC(=O)c1ccc2c(c1)CCO2)C(=O)O. The highest BCUT2D eigenvalue weighted by molar-refractivity contribution is 5.98. The molecular formula is C15H19NO4. The summed E-state index contributed by atoms with van der Waals surface area (Å²) in [7, 11) is 0. The highest BCUT2D eigenvalue weighted by Crippen LogP contribution is 2.26. The molecule has 0 aliphatic carbocycles. The minimum atomic E-state index is -1.23. The third-order valence-electron chi connectivity index (χ3n) is 3.56. The first-order valence-electron chi connectivity index (χ1n) is 6.78. The van der Waals surface area contributed by atoms with Crippen LogP contribution >= 0.6 is 0 Å². The van der Waals surface area contributed by atoms with Crippen LogP contribution in [0.4, 0.5) is 0 Å². The van der Waals surface area contributed by atoms with Crippen molar-refractivity contribution in [3.05, 3.63) is 29.3 Å². The number of carboxylic acid groups (broad SMARTS) is 1. The number of carbonyl (C=O) groups is 2. The number of carbonyl (C=O) groups excluding carboxylic acids is 1. The normalized spacial score (nSPS) is 15.9. The molecule has 1 atom stereocenters. The summed E-state index contributed by atoms with van der Waals surface area (Å²) in [5, 5.41) is 11.9. The van der Waals surface area contributed by atoms with E-state index >= 15 is 0 Å². The van der Waals surface area contributed by atoms with E-state index in [0.717, 1.165) is 17.7 Å². The Morgan fingerprint density at radius 2 is 2.20 bits per heavy atom. The molecule has 1 unspecified atom stereocenters. The number of benzene rings is 1. The quantitative estimate of drug-likeness (QED) is 0.863. The van der Waals surface area contributed by atoms with Crippen LogP contribution in [0.25, 0.3) is 0 Å². The first-order chi connectivity index (χ1) is 9.46. The number of amides is 1. The average Bonchev–Trinajstić information content (AvgIpc) is 2.85. The summed E-state index contributed by atoms with van der Waals surface area (Å²) in [5.74, 6) is -0.577. The van der Waals surface area contributed by atoms with Crippen molar-refractivity contribution in [1.29, 1.82) is 0 Å². The van der Waals surface area contributed by atoms with E-state index in [1.807, 2.05) is 6.92 Å². The molecule has 1 aliphatic heterocycles. The molecule has 0 saturated carbocycles. The number of ether oxygens (including phenoxy) is 1. The zero-order valence-electron chi connectivity index (χ0n) is 11.7. The van der Waals surface area contributed by atoms with Gasteiger partial charge in [-0.2, -0.15) is 0 Å². The molecule has 1 aliphatic rings. The number of carboxylic acids is 1. The minimum absolute atomic E-state index is 0.363. The van der Waals surface area contributed by atoms with E-state index in [0.29, 0.717) is 25.0 Å². The van der Waals surface area contributed by atoms with Crippen LogP contribution in [-0.2, 0) is 11.2 Å². The van der Waals surface area contributed by atoms with Gasteiger partial charge < -0.3 is 15.2 Å². The second kappa shape index (κ2) is 5.53. The van der Waals surface area contributed by atoms with Crippen molar-refractivity contribution < 1.29 is 19.4 Å². The van der Waals surface area contributed by atoms with E-state index in [1.54, 1.807) is 18.2 Å². The standard InChI is InChI=1S/C15H19NO4/c1-3-7-15(2,14(18)19)16-13(17)11-4-5-12-10(9-11)6-8-20-12/h4-5,9H,3,6-8H2,1-2H3,(H,16,17)(H,18,19). The zero-order chi connectivity index (χ0) is 14.8. The van der Waals surface area contributed by atoms with E-state index < -0.39 is 11.5 Å². The van der Waals surface area contributed by atoms with Gasteiger partial charge in [0, 0.05) is 12.0 Å². The molecule has 0 spiro atoms. The first kappa shape index (κ1) is 14.4. The third-order valence-corrected chi connectivity index (χ3v) is 3.56. The molecule has 1 amide bonds. The van der Waals surface area contributed by atoms with Crippen molar-refractivity contribution in [2.75, 3.05) is 6.61 Å². The Labute approximate surface area is 117 Å². The van der Waals surface area contributed by atoms with Gasteiger partial charge >= 0.3 is 5.97 Å². The number of hydrogen-bond acceptors (Lipinski definition) is 3. The third kappa shape index (κ3) is 2.76. The zero-order valence-corrected chi connectivity index (χ0v) is 11.7. The summed E-state index contributed by atoms with van der Waals surface area (Å²) in [4.78, 5) is 23.6. The van der Waals surface area contributed by atoms with Crippen LogP contribution in [0.1, 0.15) is 42.6 Å². The van der Waals surface area contributed by atoms with Gasteiger partial charge in [-0.15, -0.1) is 0 Å². The summed E-state index contributed by atoms with van der Waals surface area (Å²) >= 11 is 0. The maximum absolute atomic E-state index is 12.2. The summed E-state index contributed by atoms with van der Waals surface area (Å²) in [6, 6.07) is 5.19. The Morgan fingerprint density at radius 3 is 2.85 bits per heavy atom. The van der Waals surface area contributed by atoms with Gasteiger partial charge in [0.2, 0.25) is 0 Å². The molecule has 2 N–H and O–H groups in total. The fraction of sp³-hybridized carbons (Fsp3) is 0.467. The van der Waals surface area contributed by atoms with Gasteiger partial charge in [-0.25, -0.2) is 4.79 Å². The van der Waals surface area contributed by atoms with Crippen LogP contribution in [0.3, 0.4) is 0 Å². The van der Waals surface area contributed by atoms with Crippen LogP contribution in [0.2, 0.25) is 0 Å². The molecule has 0 radical (unpaired) electrons. The predicted octanol–water partition coefficient (Wildman–Crippen LogP) is 1.99. The maximum atomic E-state index is 12.2. The van der Waals surface area contributed by atoms with Gasteiger partial charge in [-0.3, -0.25) is 4.79 Å². The lowest BCUT2D eigenvalue weighted by Gasteiger charge is -2.25. The number of fused-ring (bicyclic) bond motifs is 1. The Balaban J connectivity index is 2.17. The number of nitrogens with one attached hydrogen (secondary N) is 1. The molecular weight excluding hydrogens is 258 g/mol. The predicted molar refractivity (Wildman–Crippen MR) is 74.1 cm³/mol. The molecule has 5 nitrogen and oxygen atoms in total. The molecule has 0 bridgehead atoms. The van der Waals surface area contributed by atoms with Gasteiger partial charge in [0.05, 0.1) is 6.61 Å². The smallest absolute Gasteiger partial charge is 0.329 e. The van der Waals surface area contributed by atoms with E-state index in [2.05, 4.69) is 5.32 Å². The Kier molecular flexibility index (Phi) is 3.97. The van der Waals surface area contributed by atoms with Crippen molar-refractivity contribution in [3.63, 3.8) is 0 Å². The number of hydrogen-bond donors (Lipinski definition) is 2. The van der Waals surface area contributed by atoms with E-state index in [4.69, 9.17) is 4.74 Å². The molecule has 0 saturated heterocycles. The maximum Gasteiger partial charge on any atom is 0.329 e. The molecule has 1 aromatic carbocycles. The monoisotopic (exact) mass is 277 g/mol. The Morgan fingerprint density at radius 1 is 1.45 bits per heavy atom. The second-order valence-corrected chi connectivity index (χ2v) is 5.26. The molecule has 20 heavy (non-hydrogen) atoms. The Hall–Kier alpha value is -2.04. The van der Waals surface area contributed by atoms with Gasteiger partial charge in [0.15, 0.2) is 0 Å². The van der Waals surface area contributed by atoms with Crippen LogP contribution in [0.5, 0.6) is 5.75 Å². The van der Waals surface area contributed by atoms with Crippen LogP contribution in [-0.4, -0.2) is 29.1 Å². The van der Waals surface area contributed by atoms with Gasteiger partial charge in [0.25, 0.3) is 5.91 Å². The fourth-order valence-electron chi connectivity index (χ4n) is 2.37. The highest BCUT2D eigenvalue weighted by atomic mass is 16.5. The van der Waals surface area contributed by atoms with Gasteiger partial charge in [0.1, 0.15) is 11.3 Å². The van der Waals surface area contributed by atoms with Crippen molar-refractivity contribution in [2.24, 2.45) is 0 Å². The highest BCUT2D eigenvalue weighted by Gasteiger charge is 2.34.